The summed E-state index contributed by atoms with van der Waals surface area (Å²) in [6.07, 6.45) is 1.05. The minimum absolute atomic E-state index is 0.395. The first kappa shape index (κ1) is 9.68. The Kier molecular flexibility index (Phi) is 3.69. The number of thiazole rings is 1. The molecule has 1 atom stereocenters. The van der Waals surface area contributed by atoms with Crippen molar-refractivity contribution in [1.29, 1.82) is 0 Å². The summed E-state index contributed by atoms with van der Waals surface area (Å²) >= 11 is 1.75. The van der Waals surface area contributed by atoms with E-state index in [0.717, 1.165) is 13.0 Å². The minimum Gasteiger partial charge on any atom is -0.309 e. The maximum absolute atomic E-state index is 4.50. The number of hydrogen-bond donors (Lipinski definition) is 1. The summed E-state index contributed by atoms with van der Waals surface area (Å²) < 4.78 is 0. The van der Waals surface area contributed by atoms with Gasteiger partial charge in [0, 0.05) is 11.4 Å². The number of rotatable bonds is 4. The topological polar surface area (TPSA) is 24.9 Å². The van der Waals surface area contributed by atoms with Crippen molar-refractivity contribution in [2.45, 2.75) is 33.2 Å². The Balaban J connectivity index is 2.61. The van der Waals surface area contributed by atoms with Crippen LogP contribution in [0.2, 0.25) is 0 Å². The molecule has 1 aromatic rings. The van der Waals surface area contributed by atoms with Crippen LogP contribution in [-0.4, -0.2) is 11.5 Å². The minimum atomic E-state index is 0.395. The standard InChI is InChI=1S/C9H16N2S/c1-4-9-11-8(6-12-9)7(3)10-5-2/h6-7,10H,4-5H2,1-3H3. The van der Waals surface area contributed by atoms with Gasteiger partial charge in [0.2, 0.25) is 0 Å². The summed E-state index contributed by atoms with van der Waals surface area (Å²) in [5, 5.41) is 6.72. The van der Waals surface area contributed by atoms with E-state index in [2.05, 4.69) is 36.5 Å². The highest BCUT2D eigenvalue weighted by molar-refractivity contribution is 7.09. The summed E-state index contributed by atoms with van der Waals surface area (Å²) in [6.45, 7) is 7.41. The fraction of sp³-hybridized carbons (Fsp3) is 0.667. The lowest BCUT2D eigenvalue weighted by molar-refractivity contribution is 0.585. The highest BCUT2D eigenvalue weighted by atomic mass is 32.1. The van der Waals surface area contributed by atoms with Gasteiger partial charge in [-0.1, -0.05) is 13.8 Å². The molecule has 1 aromatic heterocycles. The van der Waals surface area contributed by atoms with Gasteiger partial charge in [-0.15, -0.1) is 11.3 Å². The Morgan fingerprint density at radius 3 is 2.83 bits per heavy atom. The quantitative estimate of drug-likeness (QED) is 0.777. The van der Waals surface area contributed by atoms with E-state index in [-0.39, 0.29) is 0 Å². The molecule has 0 fully saturated rings. The van der Waals surface area contributed by atoms with Gasteiger partial charge in [0.05, 0.1) is 10.7 Å². The second-order valence-corrected chi connectivity index (χ2v) is 3.74. The number of aromatic nitrogens is 1. The van der Waals surface area contributed by atoms with E-state index in [1.54, 1.807) is 11.3 Å². The molecule has 0 bridgehead atoms. The molecule has 1 N–H and O–H groups in total. The van der Waals surface area contributed by atoms with E-state index in [1.807, 2.05) is 0 Å². The molecule has 1 rings (SSSR count). The van der Waals surface area contributed by atoms with Crippen molar-refractivity contribution >= 4 is 11.3 Å². The van der Waals surface area contributed by atoms with Crippen molar-refractivity contribution in [2.24, 2.45) is 0 Å². The van der Waals surface area contributed by atoms with Gasteiger partial charge in [0.1, 0.15) is 0 Å². The molecule has 0 aliphatic heterocycles. The number of nitrogens with zero attached hydrogens (tertiary/aromatic N) is 1. The van der Waals surface area contributed by atoms with Crippen molar-refractivity contribution < 1.29 is 0 Å². The molecule has 12 heavy (non-hydrogen) atoms. The molecule has 1 unspecified atom stereocenters. The lowest BCUT2D eigenvalue weighted by Gasteiger charge is -2.07. The predicted molar refractivity (Wildman–Crippen MR) is 53.6 cm³/mol. The average Bonchev–Trinajstić information content (AvgIpc) is 2.52. The van der Waals surface area contributed by atoms with E-state index >= 15 is 0 Å². The highest BCUT2D eigenvalue weighted by Crippen LogP contribution is 2.16. The lowest BCUT2D eigenvalue weighted by atomic mass is 10.2. The number of nitrogens with one attached hydrogen (secondary N) is 1. The molecular formula is C9H16N2S. The first-order valence-electron chi connectivity index (χ1n) is 4.45. The Morgan fingerprint density at radius 1 is 1.58 bits per heavy atom. The van der Waals surface area contributed by atoms with E-state index in [9.17, 15) is 0 Å². The molecule has 2 nitrogen and oxygen atoms in total. The molecule has 1 heterocycles. The van der Waals surface area contributed by atoms with Crippen LogP contribution in [0.25, 0.3) is 0 Å². The third kappa shape index (κ3) is 2.29. The highest BCUT2D eigenvalue weighted by Gasteiger charge is 2.06. The number of hydrogen-bond acceptors (Lipinski definition) is 3. The molecule has 68 valence electrons. The van der Waals surface area contributed by atoms with Crippen LogP contribution in [0.4, 0.5) is 0 Å². The van der Waals surface area contributed by atoms with Gasteiger partial charge in [-0.05, 0) is 19.9 Å². The molecule has 3 heteroatoms. The predicted octanol–water partition coefficient (Wildman–Crippen LogP) is 2.38. The van der Waals surface area contributed by atoms with Crippen LogP contribution < -0.4 is 5.32 Å². The van der Waals surface area contributed by atoms with Gasteiger partial charge < -0.3 is 5.32 Å². The van der Waals surface area contributed by atoms with Crippen molar-refractivity contribution in [2.75, 3.05) is 6.54 Å². The van der Waals surface area contributed by atoms with Crippen molar-refractivity contribution in [3.63, 3.8) is 0 Å². The van der Waals surface area contributed by atoms with E-state index in [1.165, 1.54) is 10.7 Å². The van der Waals surface area contributed by atoms with E-state index < -0.39 is 0 Å². The summed E-state index contributed by atoms with van der Waals surface area (Å²) in [7, 11) is 0. The summed E-state index contributed by atoms with van der Waals surface area (Å²) in [4.78, 5) is 4.50. The average molecular weight is 184 g/mol. The summed E-state index contributed by atoms with van der Waals surface area (Å²) in [6, 6.07) is 0.395. The Hall–Kier alpha value is -0.410. The van der Waals surface area contributed by atoms with E-state index in [0.29, 0.717) is 6.04 Å². The molecular weight excluding hydrogens is 168 g/mol. The Bertz CT molecular complexity index is 232. The van der Waals surface area contributed by atoms with Gasteiger partial charge >= 0.3 is 0 Å². The molecule has 0 saturated heterocycles. The zero-order valence-corrected chi connectivity index (χ0v) is 8.74. The maximum Gasteiger partial charge on any atom is 0.0926 e. The zero-order valence-electron chi connectivity index (χ0n) is 7.92. The van der Waals surface area contributed by atoms with Crippen LogP contribution >= 0.6 is 11.3 Å². The van der Waals surface area contributed by atoms with Crippen LogP contribution in [0.5, 0.6) is 0 Å². The molecule has 0 spiro atoms. The van der Waals surface area contributed by atoms with E-state index in [4.69, 9.17) is 0 Å². The van der Waals surface area contributed by atoms with Gasteiger partial charge in [0.15, 0.2) is 0 Å². The van der Waals surface area contributed by atoms with Gasteiger partial charge in [-0.25, -0.2) is 4.98 Å². The smallest absolute Gasteiger partial charge is 0.0926 e. The zero-order chi connectivity index (χ0) is 8.97. The largest absolute Gasteiger partial charge is 0.309 e. The fourth-order valence-electron chi connectivity index (χ4n) is 1.10. The molecule has 0 aliphatic rings. The summed E-state index contributed by atoms with van der Waals surface area (Å²) in [5.74, 6) is 0. The normalized spacial score (nSPS) is 13.2. The Labute approximate surface area is 78.0 Å². The second-order valence-electron chi connectivity index (χ2n) is 2.80. The third-order valence-electron chi connectivity index (χ3n) is 1.83. The second kappa shape index (κ2) is 4.58. The molecule has 0 saturated carbocycles. The molecule has 0 amide bonds. The van der Waals surface area contributed by atoms with Crippen molar-refractivity contribution in [3.8, 4) is 0 Å². The van der Waals surface area contributed by atoms with Crippen LogP contribution in [-0.2, 0) is 6.42 Å². The van der Waals surface area contributed by atoms with Crippen LogP contribution in [0.1, 0.15) is 37.5 Å². The van der Waals surface area contributed by atoms with Crippen LogP contribution in [0.15, 0.2) is 5.38 Å². The summed E-state index contributed by atoms with van der Waals surface area (Å²) in [5.41, 5.74) is 1.18. The monoisotopic (exact) mass is 184 g/mol. The molecule has 0 aliphatic carbocycles. The molecule has 0 aromatic carbocycles. The van der Waals surface area contributed by atoms with Gasteiger partial charge in [-0.3, -0.25) is 0 Å². The lowest BCUT2D eigenvalue weighted by Crippen LogP contribution is -2.17. The van der Waals surface area contributed by atoms with Crippen LogP contribution in [0.3, 0.4) is 0 Å². The van der Waals surface area contributed by atoms with Crippen molar-refractivity contribution in [3.05, 3.63) is 16.1 Å². The fourth-order valence-corrected chi connectivity index (χ4v) is 1.94. The van der Waals surface area contributed by atoms with Gasteiger partial charge in [-0.2, -0.15) is 0 Å². The Morgan fingerprint density at radius 2 is 2.33 bits per heavy atom. The first-order chi connectivity index (χ1) is 5.77. The first-order valence-corrected chi connectivity index (χ1v) is 5.33. The maximum atomic E-state index is 4.50. The van der Waals surface area contributed by atoms with Crippen molar-refractivity contribution in [1.82, 2.24) is 10.3 Å². The molecule has 0 radical (unpaired) electrons. The third-order valence-corrected chi connectivity index (χ3v) is 2.84. The van der Waals surface area contributed by atoms with Gasteiger partial charge in [0.25, 0.3) is 0 Å². The number of aryl methyl sites for hydroxylation is 1. The van der Waals surface area contributed by atoms with Crippen LogP contribution in [0, 0.1) is 0 Å². The SMILES string of the molecule is CCNC(C)c1csc(CC)n1.